The molecule has 1 N–H and O–H groups in total. The molecule has 4 aromatic rings. The first kappa shape index (κ1) is 19.0. The Morgan fingerprint density at radius 1 is 1.14 bits per heavy atom. The summed E-state index contributed by atoms with van der Waals surface area (Å²) in [5.74, 6) is 0.0381. The molecule has 29 heavy (non-hydrogen) atoms. The summed E-state index contributed by atoms with van der Waals surface area (Å²) in [5.41, 5.74) is 4.12. The lowest BCUT2D eigenvalue weighted by Crippen LogP contribution is -2.20. The van der Waals surface area contributed by atoms with Crippen LogP contribution in [0.4, 0.5) is 5.69 Å². The number of nitrogens with zero attached hydrogens (tertiary/aromatic N) is 3. The molecule has 0 aliphatic carbocycles. The highest BCUT2D eigenvalue weighted by molar-refractivity contribution is 6.33. The summed E-state index contributed by atoms with van der Waals surface area (Å²) in [6, 6.07) is 18.9. The molecule has 0 fully saturated rings. The number of rotatable bonds is 5. The molecule has 2 heterocycles. The predicted octanol–water partition coefficient (Wildman–Crippen LogP) is 4.61. The maximum atomic E-state index is 12.3. The third-order valence-corrected chi connectivity index (χ3v) is 4.86. The van der Waals surface area contributed by atoms with Crippen molar-refractivity contribution >= 4 is 34.2 Å². The Balaban J connectivity index is 1.62. The molecule has 0 atom stereocenters. The number of aryl methyl sites for hydroxylation is 2. The monoisotopic (exact) mass is 406 g/mol. The van der Waals surface area contributed by atoms with E-state index in [9.17, 15) is 4.79 Å². The first-order valence-corrected chi connectivity index (χ1v) is 9.47. The number of hydrogen-bond acceptors (Lipinski definition) is 4. The fraction of sp³-hybridized carbons (Fsp3) is 0.136. The summed E-state index contributed by atoms with van der Waals surface area (Å²) in [6.07, 6.45) is 0. The average Bonchev–Trinajstić information content (AvgIpc) is 3.02. The van der Waals surface area contributed by atoms with E-state index in [1.165, 1.54) is 0 Å². The van der Waals surface area contributed by atoms with Crippen LogP contribution in [0.2, 0.25) is 5.02 Å². The third kappa shape index (κ3) is 3.93. The zero-order valence-electron chi connectivity index (χ0n) is 16.0. The Hall–Kier alpha value is -3.38. The molecule has 1 amide bonds. The highest BCUT2D eigenvalue weighted by Gasteiger charge is 2.16. The van der Waals surface area contributed by atoms with Gasteiger partial charge in [0, 0.05) is 13.1 Å². The Morgan fingerprint density at radius 3 is 2.62 bits per heavy atom. The van der Waals surface area contributed by atoms with E-state index in [-0.39, 0.29) is 12.5 Å². The van der Waals surface area contributed by atoms with E-state index in [0.29, 0.717) is 22.2 Å². The summed E-state index contributed by atoms with van der Waals surface area (Å²) in [6.45, 7) is 1.77. The van der Waals surface area contributed by atoms with Crippen LogP contribution >= 0.6 is 11.6 Å². The van der Waals surface area contributed by atoms with Gasteiger partial charge >= 0.3 is 0 Å². The second-order valence-electron chi connectivity index (χ2n) is 6.60. The number of fused-ring (bicyclic) bond motifs is 1. The number of nitrogens with one attached hydrogen (secondary N) is 1. The fourth-order valence-electron chi connectivity index (χ4n) is 3.23. The molecule has 6 nitrogen and oxygen atoms in total. The van der Waals surface area contributed by atoms with E-state index in [1.807, 2.05) is 50.4 Å². The van der Waals surface area contributed by atoms with Crippen molar-refractivity contribution in [2.45, 2.75) is 6.92 Å². The molecule has 0 saturated heterocycles. The van der Waals surface area contributed by atoms with Crippen molar-refractivity contribution in [1.82, 2.24) is 14.8 Å². The average molecular weight is 407 g/mol. The molecule has 0 radical (unpaired) electrons. The van der Waals surface area contributed by atoms with Gasteiger partial charge in [-0.05, 0) is 30.2 Å². The maximum absolute atomic E-state index is 12.3. The molecule has 4 rings (SSSR count). The molecule has 0 unspecified atom stereocenters. The van der Waals surface area contributed by atoms with Gasteiger partial charge in [-0.3, -0.25) is 9.48 Å². The lowest BCUT2D eigenvalue weighted by atomic mass is 10.0. The van der Waals surface area contributed by atoms with Gasteiger partial charge in [0.05, 0.1) is 21.8 Å². The lowest BCUT2D eigenvalue weighted by molar-refractivity contribution is -0.118. The van der Waals surface area contributed by atoms with Crippen LogP contribution in [0.5, 0.6) is 5.88 Å². The van der Waals surface area contributed by atoms with E-state index in [4.69, 9.17) is 16.3 Å². The second kappa shape index (κ2) is 7.93. The molecule has 0 aliphatic rings. The van der Waals surface area contributed by atoms with Crippen molar-refractivity contribution in [2.24, 2.45) is 7.05 Å². The van der Waals surface area contributed by atoms with Gasteiger partial charge in [0.1, 0.15) is 0 Å². The lowest BCUT2D eigenvalue weighted by Gasteiger charge is -2.11. The topological polar surface area (TPSA) is 69.0 Å². The zero-order chi connectivity index (χ0) is 20.4. The molecule has 0 saturated carbocycles. The van der Waals surface area contributed by atoms with E-state index < -0.39 is 0 Å². The van der Waals surface area contributed by atoms with Crippen LogP contribution in [0, 0.1) is 6.92 Å². The summed E-state index contributed by atoms with van der Waals surface area (Å²) in [4.78, 5) is 16.8. The minimum Gasteiger partial charge on any atom is -0.467 e. The van der Waals surface area contributed by atoms with Gasteiger partial charge in [0.15, 0.2) is 12.3 Å². The van der Waals surface area contributed by atoms with E-state index in [2.05, 4.69) is 15.4 Å². The second-order valence-corrected chi connectivity index (χ2v) is 7.01. The summed E-state index contributed by atoms with van der Waals surface area (Å²) >= 11 is 6.08. The van der Waals surface area contributed by atoms with Crippen molar-refractivity contribution in [3.8, 4) is 17.0 Å². The van der Waals surface area contributed by atoms with Crippen molar-refractivity contribution in [2.75, 3.05) is 11.9 Å². The summed E-state index contributed by atoms with van der Waals surface area (Å²) in [7, 11) is 1.84. The number of hydrogen-bond donors (Lipinski definition) is 1. The minimum absolute atomic E-state index is 0.186. The van der Waals surface area contributed by atoms with Crippen LogP contribution in [-0.4, -0.2) is 27.3 Å². The Kier molecular flexibility index (Phi) is 5.18. The molecule has 2 aromatic carbocycles. The molecule has 2 aromatic heterocycles. The number of amides is 1. The first-order valence-electron chi connectivity index (χ1n) is 9.10. The number of pyridine rings is 1. The smallest absolute Gasteiger partial charge is 0.262 e. The Labute approximate surface area is 173 Å². The molecule has 0 spiro atoms. The number of para-hydroxylation sites is 1. The standard InChI is InChI=1S/C22H19ClN4O2/c1-14-21-16(15-8-4-3-5-9-15)12-20(25-22(21)27(2)26-14)29-13-19(28)24-18-11-7-6-10-17(18)23/h3-12H,13H2,1-2H3,(H,24,28). The van der Waals surface area contributed by atoms with Crippen LogP contribution in [0.1, 0.15) is 5.69 Å². The van der Waals surface area contributed by atoms with Crippen LogP contribution in [-0.2, 0) is 11.8 Å². The van der Waals surface area contributed by atoms with Gasteiger partial charge in [-0.1, -0.05) is 54.1 Å². The van der Waals surface area contributed by atoms with Gasteiger partial charge < -0.3 is 10.1 Å². The van der Waals surface area contributed by atoms with Gasteiger partial charge in [0.25, 0.3) is 5.91 Å². The van der Waals surface area contributed by atoms with Crippen LogP contribution in [0.3, 0.4) is 0 Å². The predicted molar refractivity (Wildman–Crippen MR) is 114 cm³/mol. The quantitative estimate of drug-likeness (QED) is 0.525. The number of aromatic nitrogens is 3. The highest BCUT2D eigenvalue weighted by atomic mass is 35.5. The minimum atomic E-state index is -0.317. The Morgan fingerprint density at radius 2 is 1.86 bits per heavy atom. The third-order valence-electron chi connectivity index (χ3n) is 4.53. The van der Waals surface area contributed by atoms with Crippen LogP contribution in [0.15, 0.2) is 60.7 Å². The zero-order valence-corrected chi connectivity index (χ0v) is 16.8. The number of halogens is 1. The van der Waals surface area contributed by atoms with Gasteiger partial charge in [-0.15, -0.1) is 0 Å². The van der Waals surface area contributed by atoms with E-state index >= 15 is 0 Å². The van der Waals surface area contributed by atoms with Crippen molar-refractivity contribution in [3.63, 3.8) is 0 Å². The number of benzene rings is 2. The molecule has 7 heteroatoms. The van der Waals surface area contributed by atoms with Crippen LogP contribution in [0.25, 0.3) is 22.2 Å². The van der Waals surface area contributed by atoms with Gasteiger partial charge in [-0.25, -0.2) is 0 Å². The highest BCUT2D eigenvalue weighted by Crippen LogP contribution is 2.32. The summed E-state index contributed by atoms with van der Waals surface area (Å²) < 4.78 is 7.42. The van der Waals surface area contributed by atoms with Crippen molar-refractivity contribution in [3.05, 3.63) is 71.4 Å². The van der Waals surface area contributed by atoms with Crippen molar-refractivity contribution in [1.29, 1.82) is 0 Å². The first-order chi connectivity index (χ1) is 14.0. The number of ether oxygens (including phenoxy) is 1. The number of carbonyl (C=O) groups excluding carboxylic acids is 1. The molecule has 146 valence electrons. The van der Waals surface area contributed by atoms with E-state index in [1.54, 1.807) is 28.9 Å². The molecule has 0 bridgehead atoms. The molecule has 0 aliphatic heterocycles. The van der Waals surface area contributed by atoms with Crippen molar-refractivity contribution < 1.29 is 9.53 Å². The normalized spacial score (nSPS) is 10.9. The van der Waals surface area contributed by atoms with Gasteiger partial charge in [0.2, 0.25) is 5.88 Å². The Bertz CT molecular complexity index is 1190. The van der Waals surface area contributed by atoms with E-state index in [0.717, 1.165) is 22.2 Å². The fourth-order valence-corrected chi connectivity index (χ4v) is 3.41. The maximum Gasteiger partial charge on any atom is 0.262 e. The number of anilines is 1. The molecular weight excluding hydrogens is 388 g/mol. The van der Waals surface area contributed by atoms with Crippen LogP contribution < -0.4 is 10.1 Å². The number of carbonyl (C=O) groups is 1. The SMILES string of the molecule is Cc1nn(C)c2nc(OCC(=O)Nc3ccccc3Cl)cc(-c3ccccc3)c12. The molecular formula is C22H19ClN4O2. The van der Waals surface area contributed by atoms with Gasteiger partial charge in [-0.2, -0.15) is 10.1 Å². The summed E-state index contributed by atoms with van der Waals surface area (Å²) in [5, 5.41) is 8.66. The largest absolute Gasteiger partial charge is 0.467 e.